The molecule has 2 heterocycles. The number of aromatic nitrogens is 4. The molecule has 1 aliphatic carbocycles. The number of anilines is 3. The number of para-hydroxylation sites is 1. The number of benzene rings is 1. The Morgan fingerprint density at radius 1 is 1.22 bits per heavy atom. The Balaban J connectivity index is 1.72. The van der Waals surface area contributed by atoms with Crippen LogP contribution in [0.3, 0.4) is 0 Å². The van der Waals surface area contributed by atoms with Crippen LogP contribution in [0, 0.1) is 5.92 Å². The van der Waals surface area contributed by atoms with Crippen molar-refractivity contribution < 1.29 is 24.0 Å². The summed E-state index contributed by atoms with van der Waals surface area (Å²) in [6, 6.07) is 6.78. The fraction of sp³-hybridized carbons (Fsp3) is 0.333. The third kappa shape index (κ3) is 5.85. The molecule has 1 aliphatic rings. The highest BCUT2D eigenvalue weighted by molar-refractivity contribution is 6.60. The zero-order valence-electron chi connectivity index (χ0n) is 20.7. The lowest BCUT2D eigenvalue weighted by atomic mass is 9.49. The lowest BCUT2D eigenvalue weighted by molar-refractivity contribution is -0.117. The van der Waals surface area contributed by atoms with Crippen molar-refractivity contribution in [3.8, 4) is 17.1 Å². The molecule has 1 atom stereocenters. The summed E-state index contributed by atoms with van der Waals surface area (Å²) in [6.45, 7) is 1.52. The standard InChI is InChI=1S/C21H26B3N7O5/c1-9(32)20-27-17(31-36-20)11-4-3-5-12(16(11)35-2)25-13-8-14(26-18(33)10-6-7-10)29-30-15(13)19(34)28-21(22,23)24/h3-5,8-10,32H,6-7,22-24H2,1-2H3,(H,28,34)(H2,25,26,29,33)/t9-/m1/s1. The molecule has 0 bridgehead atoms. The maximum absolute atomic E-state index is 13.0. The number of nitrogens with one attached hydrogen (secondary N) is 3. The molecule has 1 aromatic carbocycles. The molecule has 1 fully saturated rings. The van der Waals surface area contributed by atoms with Gasteiger partial charge < -0.3 is 30.3 Å². The molecule has 184 valence electrons. The molecule has 36 heavy (non-hydrogen) atoms. The van der Waals surface area contributed by atoms with Crippen molar-refractivity contribution in [2.75, 3.05) is 17.7 Å². The number of aliphatic hydroxyl groups excluding tert-OH is 1. The van der Waals surface area contributed by atoms with Gasteiger partial charge in [0, 0.05) is 12.0 Å². The van der Waals surface area contributed by atoms with Crippen molar-refractivity contribution >= 4 is 52.5 Å². The van der Waals surface area contributed by atoms with Crippen LogP contribution in [0.2, 0.25) is 0 Å². The Hall–Kier alpha value is -3.87. The summed E-state index contributed by atoms with van der Waals surface area (Å²) in [5.41, 5.74) is 1.34. The quantitative estimate of drug-likeness (QED) is 0.272. The summed E-state index contributed by atoms with van der Waals surface area (Å²) in [5, 5.41) is 30.1. The fourth-order valence-corrected chi connectivity index (χ4v) is 3.38. The van der Waals surface area contributed by atoms with Gasteiger partial charge in [0.2, 0.25) is 11.7 Å². The molecule has 0 spiro atoms. The van der Waals surface area contributed by atoms with E-state index >= 15 is 0 Å². The number of rotatable bonds is 9. The minimum absolute atomic E-state index is 0.0228. The van der Waals surface area contributed by atoms with Gasteiger partial charge in [-0.05, 0) is 37.1 Å². The maximum Gasteiger partial charge on any atom is 0.272 e. The number of hydrogen-bond donors (Lipinski definition) is 4. The van der Waals surface area contributed by atoms with Crippen LogP contribution >= 0.6 is 0 Å². The molecule has 4 N–H and O–H groups in total. The van der Waals surface area contributed by atoms with E-state index in [1.54, 1.807) is 24.3 Å². The van der Waals surface area contributed by atoms with Crippen LogP contribution in [0.1, 0.15) is 42.2 Å². The zero-order chi connectivity index (χ0) is 26.0. The molecule has 0 radical (unpaired) electrons. The van der Waals surface area contributed by atoms with E-state index in [-0.39, 0.29) is 35.1 Å². The summed E-state index contributed by atoms with van der Waals surface area (Å²) >= 11 is 0. The maximum atomic E-state index is 13.0. The second kappa shape index (κ2) is 10.0. The average molecular weight is 489 g/mol. The van der Waals surface area contributed by atoms with Gasteiger partial charge in [-0.3, -0.25) is 9.59 Å². The zero-order valence-corrected chi connectivity index (χ0v) is 20.7. The molecule has 0 aliphatic heterocycles. The van der Waals surface area contributed by atoms with E-state index in [1.807, 2.05) is 23.5 Å². The van der Waals surface area contributed by atoms with E-state index in [4.69, 9.17) is 9.26 Å². The molecule has 2 aromatic heterocycles. The first kappa shape index (κ1) is 25.2. The van der Waals surface area contributed by atoms with Gasteiger partial charge in [0.05, 0.1) is 24.0 Å². The van der Waals surface area contributed by atoms with Crippen LogP contribution in [0.4, 0.5) is 17.2 Å². The smallest absolute Gasteiger partial charge is 0.272 e. The average Bonchev–Trinajstić information content (AvgIpc) is 3.54. The van der Waals surface area contributed by atoms with Gasteiger partial charge in [-0.15, -0.1) is 10.2 Å². The molecular formula is C21H26B3N7O5. The Morgan fingerprint density at radius 2 is 1.97 bits per heavy atom. The topological polar surface area (TPSA) is 164 Å². The highest BCUT2D eigenvalue weighted by Crippen LogP contribution is 2.38. The van der Waals surface area contributed by atoms with E-state index < -0.39 is 17.2 Å². The molecule has 0 unspecified atom stereocenters. The third-order valence-corrected chi connectivity index (χ3v) is 5.23. The first-order valence-electron chi connectivity index (χ1n) is 11.5. The Kier molecular flexibility index (Phi) is 7.02. The van der Waals surface area contributed by atoms with E-state index in [0.29, 0.717) is 22.7 Å². The first-order chi connectivity index (χ1) is 17.1. The number of amides is 2. The molecule has 3 aromatic rings. The van der Waals surface area contributed by atoms with Crippen molar-refractivity contribution in [3.63, 3.8) is 0 Å². The van der Waals surface area contributed by atoms with Gasteiger partial charge in [-0.1, -0.05) is 11.2 Å². The minimum atomic E-state index is -0.922. The van der Waals surface area contributed by atoms with Crippen molar-refractivity contribution in [3.05, 3.63) is 35.9 Å². The molecular weight excluding hydrogens is 463 g/mol. The number of hydrogen-bond acceptors (Lipinski definition) is 10. The first-order valence-corrected chi connectivity index (χ1v) is 11.5. The van der Waals surface area contributed by atoms with Gasteiger partial charge >= 0.3 is 0 Å². The van der Waals surface area contributed by atoms with E-state index in [1.165, 1.54) is 14.0 Å². The van der Waals surface area contributed by atoms with Crippen LogP contribution in [-0.2, 0) is 4.79 Å². The number of carbonyl (C=O) groups excluding carboxylic acids is 2. The van der Waals surface area contributed by atoms with E-state index in [9.17, 15) is 14.7 Å². The van der Waals surface area contributed by atoms with Crippen LogP contribution in [0.15, 0.2) is 28.8 Å². The van der Waals surface area contributed by atoms with Crippen molar-refractivity contribution in [2.24, 2.45) is 5.92 Å². The largest absolute Gasteiger partial charge is 0.494 e. The Morgan fingerprint density at radius 3 is 2.58 bits per heavy atom. The Labute approximate surface area is 210 Å². The normalized spacial score (nSPS) is 14.1. The van der Waals surface area contributed by atoms with Crippen LogP contribution in [0.5, 0.6) is 5.75 Å². The van der Waals surface area contributed by atoms with Gasteiger partial charge in [0.25, 0.3) is 11.8 Å². The van der Waals surface area contributed by atoms with Gasteiger partial charge in [-0.25, -0.2) is 0 Å². The second-order valence-electron chi connectivity index (χ2n) is 9.60. The number of nitrogens with zero attached hydrogens (tertiary/aromatic N) is 4. The summed E-state index contributed by atoms with van der Waals surface area (Å²) < 4.78 is 10.7. The summed E-state index contributed by atoms with van der Waals surface area (Å²) in [5.74, 6) is 0.295. The second-order valence-corrected chi connectivity index (χ2v) is 9.60. The van der Waals surface area contributed by atoms with Gasteiger partial charge in [-0.2, -0.15) is 4.98 Å². The lowest BCUT2D eigenvalue weighted by Crippen LogP contribution is -2.50. The van der Waals surface area contributed by atoms with Gasteiger partial charge in [0.15, 0.2) is 17.3 Å². The molecule has 4 rings (SSSR count). The fourth-order valence-electron chi connectivity index (χ4n) is 3.38. The summed E-state index contributed by atoms with van der Waals surface area (Å²) in [4.78, 5) is 29.5. The number of carbonyl (C=O) groups is 2. The summed E-state index contributed by atoms with van der Waals surface area (Å²) in [6.07, 6.45) is 0.759. The molecule has 1 saturated carbocycles. The molecule has 2 amide bonds. The van der Waals surface area contributed by atoms with Crippen LogP contribution in [0.25, 0.3) is 11.4 Å². The van der Waals surface area contributed by atoms with Gasteiger partial charge in [0.1, 0.15) is 29.6 Å². The van der Waals surface area contributed by atoms with Crippen LogP contribution in [-0.4, -0.2) is 73.1 Å². The summed E-state index contributed by atoms with van der Waals surface area (Å²) in [7, 11) is 7.05. The third-order valence-electron chi connectivity index (χ3n) is 5.23. The number of methoxy groups -OCH3 is 1. The minimum Gasteiger partial charge on any atom is -0.494 e. The molecule has 0 saturated heterocycles. The highest BCUT2D eigenvalue weighted by atomic mass is 16.5. The molecule has 15 heteroatoms. The highest BCUT2D eigenvalue weighted by Gasteiger charge is 2.30. The van der Waals surface area contributed by atoms with E-state index in [0.717, 1.165) is 12.8 Å². The predicted octanol–water partition coefficient (Wildman–Crippen LogP) is -1.08. The van der Waals surface area contributed by atoms with Crippen LogP contribution < -0.4 is 20.7 Å². The lowest BCUT2D eigenvalue weighted by Gasteiger charge is -2.21. The molecule has 12 nitrogen and oxygen atoms in total. The Bertz CT molecular complexity index is 1290. The van der Waals surface area contributed by atoms with E-state index in [2.05, 4.69) is 36.3 Å². The van der Waals surface area contributed by atoms with Crippen molar-refractivity contribution in [1.82, 2.24) is 25.7 Å². The number of ether oxygens (including phenoxy) is 1. The predicted molar refractivity (Wildman–Crippen MR) is 139 cm³/mol. The monoisotopic (exact) mass is 489 g/mol. The van der Waals surface area contributed by atoms with Crippen molar-refractivity contribution in [1.29, 1.82) is 0 Å². The SMILES string of the molecule is BC(B)(B)NC(=O)c1nnc(NC(=O)C2CC2)cc1Nc1cccc(-c2noc([C@@H](C)O)n2)c1OC. The van der Waals surface area contributed by atoms with Crippen molar-refractivity contribution in [2.45, 2.75) is 31.1 Å². The number of aliphatic hydroxyl groups is 1.